The van der Waals surface area contributed by atoms with Gasteiger partial charge in [0.15, 0.2) is 0 Å². The zero-order valence-corrected chi connectivity index (χ0v) is 30.8. The molecular weight excluding hydrogens is 677 g/mol. The largest absolute Gasteiger partial charge is 0.310 e. The minimum atomic E-state index is 1.10. The van der Waals surface area contributed by atoms with Crippen LogP contribution < -0.4 is 4.90 Å². The molecule has 9 aromatic carbocycles. The number of hydrogen-bond donors (Lipinski definition) is 0. The van der Waals surface area contributed by atoms with Crippen LogP contribution in [0.3, 0.4) is 0 Å². The fourth-order valence-corrected chi connectivity index (χ4v) is 8.28. The fourth-order valence-electron chi connectivity index (χ4n) is 8.28. The maximum Gasteiger partial charge on any atom is 0.0562 e. The number of anilines is 3. The lowest BCUT2D eigenvalue weighted by Crippen LogP contribution is -2.10. The molecule has 2 heteroatoms. The topological polar surface area (TPSA) is 8.17 Å². The SMILES string of the molecule is c1ccc(-c2ccccc2-c2ccc(-n3c4ccccc4c4c(N(c5ccccc5)c5cccc(-c6ccccc6-c6ccccc6)c5)cccc43)cc2)cc1. The quantitative estimate of drug-likeness (QED) is 0.152. The number of benzene rings is 9. The summed E-state index contributed by atoms with van der Waals surface area (Å²) in [6.45, 7) is 0. The van der Waals surface area contributed by atoms with Crippen molar-refractivity contribution in [2.75, 3.05) is 4.90 Å². The lowest BCUT2D eigenvalue weighted by Gasteiger charge is -2.27. The first-order valence-electron chi connectivity index (χ1n) is 19.2. The van der Waals surface area contributed by atoms with E-state index in [1.807, 2.05) is 0 Å². The molecule has 264 valence electrons. The number of fused-ring (bicyclic) bond motifs is 3. The van der Waals surface area contributed by atoms with Crippen molar-refractivity contribution in [1.82, 2.24) is 4.57 Å². The van der Waals surface area contributed by atoms with Gasteiger partial charge in [0.1, 0.15) is 0 Å². The van der Waals surface area contributed by atoms with Gasteiger partial charge in [-0.1, -0.05) is 176 Å². The zero-order valence-electron chi connectivity index (χ0n) is 30.8. The van der Waals surface area contributed by atoms with Crippen LogP contribution in [0.5, 0.6) is 0 Å². The summed E-state index contributed by atoms with van der Waals surface area (Å²) in [5, 5.41) is 2.42. The molecule has 0 bridgehead atoms. The molecule has 0 fully saturated rings. The number of para-hydroxylation sites is 2. The molecule has 10 aromatic rings. The van der Waals surface area contributed by atoms with Gasteiger partial charge in [0.05, 0.1) is 16.7 Å². The minimum absolute atomic E-state index is 1.10. The fraction of sp³-hybridized carbons (Fsp3) is 0. The highest BCUT2D eigenvalue weighted by Crippen LogP contribution is 2.45. The second-order valence-corrected chi connectivity index (χ2v) is 14.1. The number of nitrogens with zero attached hydrogens (tertiary/aromatic N) is 2. The smallest absolute Gasteiger partial charge is 0.0562 e. The first-order chi connectivity index (χ1) is 27.8. The van der Waals surface area contributed by atoms with Crippen LogP contribution in [-0.4, -0.2) is 4.57 Å². The second kappa shape index (κ2) is 14.4. The standard InChI is InChI=1S/C54H38N2/c1-4-18-39(19-5-1)46-26-10-11-28-48(46)41-34-36-44(37-35-41)56-51-31-15-14-30-50(51)54-52(32-17-33-53(54)56)55(43-23-8-3-9-24-43)45-25-16-22-42(38-45)49-29-13-12-27-47(49)40-20-6-2-7-21-40/h1-38H. The van der Waals surface area contributed by atoms with Gasteiger partial charge in [-0.25, -0.2) is 0 Å². The molecule has 1 aromatic heterocycles. The molecule has 0 spiro atoms. The van der Waals surface area contributed by atoms with Crippen molar-refractivity contribution in [2.45, 2.75) is 0 Å². The molecule has 0 atom stereocenters. The highest BCUT2D eigenvalue weighted by molar-refractivity contribution is 6.16. The Hall–Kier alpha value is -7.42. The third-order valence-electron chi connectivity index (χ3n) is 10.8. The van der Waals surface area contributed by atoms with Gasteiger partial charge in [0, 0.05) is 27.8 Å². The lowest BCUT2D eigenvalue weighted by molar-refractivity contribution is 1.18. The normalized spacial score (nSPS) is 11.2. The van der Waals surface area contributed by atoms with E-state index in [0.717, 1.165) is 28.3 Å². The van der Waals surface area contributed by atoms with Gasteiger partial charge in [-0.15, -0.1) is 0 Å². The number of aromatic nitrogens is 1. The molecule has 0 radical (unpaired) electrons. The van der Waals surface area contributed by atoms with Crippen molar-refractivity contribution >= 4 is 38.9 Å². The molecule has 2 nitrogen and oxygen atoms in total. The van der Waals surface area contributed by atoms with Crippen LogP contribution in [0.2, 0.25) is 0 Å². The van der Waals surface area contributed by atoms with Crippen molar-refractivity contribution in [2.24, 2.45) is 0 Å². The van der Waals surface area contributed by atoms with Gasteiger partial charge in [-0.3, -0.25) is 0 Å². The molecule has 0 unspecified atom stereocenters. The number of rotatable bonds is 8. The van der Waals surface area contributed by atoms with Gasteiger partial charge in [0.25, 0.3) is 0 Å². The Kier molecular flexibility index (Phi) is 8.55. The van der Waals surface area contributed by atoms with Crippen LogP contribution in [0.25, 0.3) is 72.0 Å². The van der Waals surface area contributed by atoms with Crippen LogP contribution in [0.15, 0.2) is 231 Å². The van der Waals surface area contributed by atoms with Gasteiger partial charge in [-0.05, 0) is 99.1 Å². The Labute approximate surface area is 327 Å². The molecule has 1 heterocycles. The Balaban J connectivity index is 1.13. The summed E-state index contributed by atoms with van der Waals surface area (Å²) in [5.41, 5.74) is 16.5. The average molecular weight is 715 g/mol. The van der Waals surface area contributed by atoms with Crippen LogP contribution in [-0.2, 0) is 0 Å². The second-order valence-electron chi connectivity index (χ2n) is 14.1. The van der Waals surface area contributed by atoms with E-state index in [4.69, 9.17) is 0 Å². The van der Waals surface area contributed by atoms with E-state index < -0.39 is 0 Å². The van der Waals surface area contributed by atoms with Crippen LogP contribution >= 0.6 is 0 Å². The predicted molar refractivity (Wildman–Crippen MR) is 237 cm³/mol. The summed E-state index contributed by atoms with van der Waals surface area (Å²) in [5.74, 6) is 0. The van der Waals surface area contributed by atoms with Crippen LogP contribution in [0.4, 0.5) is 17.1 Å². The third kappa shape index (κ3) is 5.95. The van der Waals surface area contributed by atoms with Crippen LogP contribution in [0.1, 0.15) is 0 Å². The summed E-state index contributed by atoms with van der Waals surface area (Å²) in [6, 6.07) is 83.0. The maximum atomic E-state index is 2.41. The zero-order chi connectivity index (χ0) is 37.3. The molecule has 56 heavy (non-hydrogen) atoms. The van der Waals surface area contributed by atoms with E-state index in [0.29, 0.717) is 0 Å². The first-order valence-corrected chi connectivity index (χ1v) is 19.2. The molecular formula is C54H38N2. The third-order valence-corrected chi connectivity index (χ3v) is 10.8. The number of hydrogen-bond acceptors (Lipinski definition) is 1. The molecule has 0 saturated carbocycles. The van der Waals surface area contributed by atoms with Crippen LogP contribution in [0, 0.1) is 0 Å². The maximum absolute atomic E-state index is 2.41. The van der Waals surface area contributed by atoms with Crippen molar-refractivity contribution in [3.05, 3.63) is 231 Å². The monoisotopic (exact) mass is 714 g/mol. The molecule has 0 aliphatic carbocycles. The Bertz CT molecular complexity index is 2940. The average Bonchev–Trinajstić information content (AvgIpc) is 3.63. The molecule has 0 aliphatic rings. The summed E-state index contributed by atoms with van der Waals surface area (Å²) in [6.07, 6.45) is 0. The van der Waals surface area contributed by atoms with Crippen molar-refractivity contribution in [3.8, 4) is 50.2 Å². The van der Waals surface area contributed by atoms with Gasteiger partial charge < -0.3 is 9.47 Å². The summed E-state index contributed by atoms with van der Waals surface area (Å²) < 4.78 is 2.41. The van der Waals surface area contributed by atoms with E-state index in [1.165, 1.54) is 60.8 Å². The molecule has 0 aliphatic heterocycles. The van der Waals surface area contributed by atoms with Crippen molar-refractivity contribution < 1.29 is 0 Å². The Morgan fingerprint density at radius 1 is 0.304 bits per heavy atom. The molecule has 0 N–H and O–H groups in total. The van der Waals surface area contributed by atoms with Gasteiger partial charge >= 0.3 is 0 Å². The van der Waals surface area contributed by atoms with E-state index in [1.54, 1.807) is 0 Å². The lowest BCUT2D eigenvalue weighted by atomic mass is 9.94. The van der Waals surface area contributed by atoms with Gasteiger partial charge in [-0.2, -0.15) is 0 Å². The van der Waals surface area contributed by atoms with Gasteiger partial charge in [0.2, 0.25) is 0 Å². The van der Waals surface area contributed by atoms with E-state index in [2.05, 4.69) is 240 Å². The van der Waals surface area contributed by atoms with E-state index >= 15 is 0 Å². The minimum Gasteiger partial charge on any atom is -0.310 e. The molecule has 0 saturated heterocycles. The first kappa shape index (κ1) is 33.2. The molecule has 10 rings (SSSR count). The van der Waals surface area contributed by atoms with E-state index in [9.17, 15) is 0 Å². The molecule has 0 amide bonds. The van der Waals surface area contributed by atoms with Crippen molar-refractivity contribution in [1.29, 1.82) is 0 Å². The summed E-state index contributed by atoms with van der Waals surface area (Å²) in [7, 11) is 0. The predicted octanol–water partition coefficient (Wildman–Crippen LogP) is 14.9. The highest BCUT2D eigenvalue weighted by atomic mass is 15.1. The Morgan fingerprint density at radius 2 is 0.750 bits per heavy atom. The van der Waals surface area contributed by atoms with E-state index in [-0.39, 0.29) is 0 Å². The highest BCUT2D eigenvalue weighted by Gasteiger charge is 2.21. The van der Waals surface area contributed by atoms with Crippen molar-refractivity contribution in [3.63, 3.8) is 0 Å². The summed E-state index contributed by atoms with van der Waals surface area (Å²) in [4.78, 5) is 2.41. The Morgan fingerprint density at radius 3 is 1.38 bits per heavy atom. The summed E-state index contributed by atoms with van der Waals surface area (Å²) >= 11 is 0.